The van der Waals surface area contributed by atoms with Gasteiger partial charge in [-0.2, -0.15) is 0 Å². The Balaban J connectivity index is 2.01. The number of aromatic carboxylic acids is 1. The molecule has 0 aliphatic carbocycles. The molecule has 2 aromatic carbocycles. The van der Waals surface area contributed by atoms with Gasteiger partial charge in [0, 0.05) is 4.47 Å². The molecule has 5 nitrogen and oxygen atoms in total. The molecule has 0 radical (unpaired) electrons. The van der Waals surface area contributed by atoms with Crippen LogP contribution in [0.2, 0.25) is 0 Å². The molecule has 2 rings (SSSR count). The van der Waals surface area contributed by atoms with Crippen LogP contribution in [-0.4, -0.2) is 23.7 Å². The van der Waals surface area contributed by atoms with Gasteiger partial charge in [-0.05, 0) is 55.3 Å². The van der Waals surface area contributed by atoms with Crippen LogP contribution in [-0.2, 0) is 4.79 Å². The van der Waals surface area contributed by atoms with Gasteiger partial charge in [-0.15, -0.1) is 0 Å². The lowest BCUT2D eigenvalue weighted by Crippen LogP contribution is -2.18. The second-order valence-corrected chi connectivity index (χ2v) is 5.88. The van der Waals surface area contributed by atoms with E-state index in [0.29, 0.717) is 5.75 Å². The van der Waals surface area contributed by atoms with Gasteiger partial charge < -0.3 is 14.6 Å². The topological polar surface area (TPSA) is 72.8 Å². The predicted octanol–water partition coefficient (Wildman–Crippen LogP) is 3.75. The summed E-state index contributed by atoms with van der Waals surface area (Å²) >= 11 is 3.39. The number of hydrogen-bond acceptors (Lipinski definition) is 4. The zero-order chi connectivity index (χ0) is 17.0. The molecule has 0 saturated carbocycles. The molecule has 0 fully saturated rings. The normalized spacial score (nSPS) is 10.2. The number of ether oxygens (including phenoxy) is 2. The number of aryl methyl sites for hydroxylation is 2. The molecule has 0 aliphatic heterocycles. The summed E-state index contributed by atoms with van der Waals surface area (Å²) < 4.78 is 11.6. The van der Waals surface area contributed by atoms with Crippen LogP contribution in [0.3, 0.4) is 0 Å². The molecule has 0 amide bonds. The van der Waals surface area contributed by atoms with Crippen molar-refractivity contribution in [2.45, 2.75) is 13.8 Å². The second kappa shape index (κ2) is 7.28. The minimum atomic E-state index is -1.08. The summed E-state index contributed by atoms with van der Waals surface area (Å²) in [5.74, 6) is -0.887. The Kier molecular flexibility index (Phi) is 5.39. The van der Waals surface area contributed by atoms with Crippen molar-refractivity contribution in [2.24, 2.45) is 0 Å². The number of carbonyl (C=O) groups is 2. The Bertz CT molecular complexity index is 731. The van der Waals surface area contributed by atoms with E-state index in [0.717, 1.165) is 15.6 Å². The van der Waals surface area contributed by atoms with Gasteiger partial charge in [-0.3, -0.25) is 0 Å². The van der Waals surface area contributed by atoms with Crippen LogP contribution < -0.4 is 9.47 Å². The van der Waals surface area contributed by atoms with E-state index >= 15 is 0 Å². The summed E-state index contributed by atoms with van der Waals surface area (Å²) in [4.78, 5) is 22.7. The van der Waals surface area contributed by atoms with Crippen LogP contribution in [0, 0.1) is 13.8 Å². The smallest absolute Gasteiger partial charge is 0.349 e. The highest BCUT2D eigenvalue weighted by molar-refractivity contribution is 9.10. The number of hydrogen-bond donors (Lipinski definition) is 1. The van der Waals surface area contributed by atoms with E-state index in [1.54, 1.807) is 0 Å². The lowest BCUT2D eigenvalue weighted by Gasteiger charge is -2.12. The summed E-state index contributed by atoms with van der Waals surface area (Å²) in [5, 5.41) is 8.91. The van der Waals surface area contributed by atoms with Crippen LogP contribution in [0.1, 0.15) is 21.5 Å². The van der Waals surface area contributed by atoms with E-state index in [1.165, 1.54) is 24.3 Å². The van der Waals surface area contributed by atoms with Crippen molar-refractivity contribution >= 4 is 27.9 Å². The Hall–Kier alpha value is -2.34. The van der Waals surface area contributed by atoms with Gasteiger partial charge in [-0.25, -0.2) is 9.59 Å². The fraction of sp³-hybridized carbons (Fsp3) is 0.176. The number of halogens is 1. The van der Waals surface area contributed by atoms with Crippen molar-refractivity contribution in [3.05, 3.63) is 57.6 Å². The molecule has 0 aliphatic rings. The second-order valence-electron chi connectivity index (χ2n) is 4.96. The summed E-state index contributed by atoms with van der Waals surface area (Å²) in [5.41, 5.74) is 1.85. The molecule has 0 spiro atoms. The maximum Gasteiger partial charge on any atom is 0.349 e. The Labute approximate surface area is 142 Å². The highest BCUT2D eigenvalue weighted by atomic mass is 79.9. The summed E-state index contributed by atoms with van der Waals surface area (Å²) in [7, 11) is 0. The first kappa shape index (κ1) is 17.0. The largest absolute Gasteiger partial charge is 0.481 e. The van der Waals surface area contributed by atoms with Gasteiger partial charge in [0.2, 0.25) is 0 Å². The first-order chi connectivity index (χ1) is 10.9. The lowest BCUT2D eigenvalue weighted by atomic mass is 10.1. The molecule has 0 unspecified atom stereocenters. The monoisotopic (exact) mass is 378 g/mol. The van der Waals surface area contributed by atoms with Crippen molar-refractivity contribution in [1.29, 1.82) is 0 Å². The van der Waals surface area contributed by atoms with Gasteiger partial charge in [0.05, 0.1) is 5.56 Å². The van der Waals surface area contributed by atoms with Crippen molar-refractivity contribution in [3.8, 4) is 11.5 Å². The molecular formula is C17H15BrO5. The third-order valence-electron chi connectivity index (χ3n) is 3.07. The van der Waals surface area contributed by atoms with Gasteiger partial charge in [0.15, 0.2) is 6.61 Å². The van der Waals surface area contributed by atoms with Crippen LogP contribution >= 0.6 is 15.9 Å². The summed E-state index contributed by atoms with van der Waals surface area (Å²) in [6, 6.07) is 9.52. The molecule has 1 N–H and O–H groups in total. The highest BCUT2D eigenvalue weighted by Gasteiger charge is 2.11. The molecular weight excluding hydrogens is 364 g/mol. The average molecular weight is 379 g/mol. The minimum Gasteiger partial charge on any atom is -0.481 e. The van der Waals surface area contributed by atoms with Crippen LogP contribution in [0.15, 0.2) is 40.9 Å². The fourth-order valence-electron chi connectivity index (χ4n) is 2.11. The van der Waals surface area contributed by atoms with E-state index in [9.17, 15) is 9.59 Å². The van der Waals surface area contributed by atoms with E-state index in [4.69, 9.17) is 14.6 Å². The molecule has 0 saturated heterocycles. The van der Waals surface area contributed by atoms with E-state index in [2.05, 4.69) is 15.9 Å². The van der Waals surface area contributed by atoms with E-state index < -0.39 is 11.9 Å². The van der Waals surface area contributed by atoms with Gasteiger partial charge in [0.1, 0.15) is 11.5 Å². The third-order valence-corrected chi connectivity index (χ3v) is 3.53. The number of rotatable bonds is 5. The molecule has 23 heavy (non-hydrogen) atoms. The summed E-state index contributed by atoms with van der Waals surface area (Å²) in [6.45, 7) is 3.50. The zero-order valence-corrected chi connectivity index (χ0v) is 14.2. The molecule has 0 bridgehead atoms. The molecule has 2 aromatic rings. The maximum absolute atomic E-state index is 11.9. The number of carboxylic acids is 1. The number of benzene rings is 2. The molecule has 0 aromatic heterocycles. The van der Waals surface area contributed by atoms with Gasteiger partial charge >= 0.3 is 11.9 Å². The Morgan fingerprint density at radius 3 is 2.39 bits per heavy atom. The van der Waals surface area contributed by atoms with Crippen LogP contribution in [0.5, 0.6) is 11.5 Å². The molecule has 0 heterocycles. The highest BCUT2D eigenvalue weighted by Crippen LogP contribution is 2.27. The Morgan fingerprint density at radius 1 is 1.13 bits per heavy atom. The standard InChI is InChI=1S/C17H15BrO5/c1-10-6-13(18)7-11(2)16(10)22-9-15(19)23-14-5-3-4-12(8-14)17(20)21/h3-8H,9H2,1-2H3,(H,20,21). The average Bonchev–Trinajstić information content (AvgIpc) is 2.46. The SMILES string of the molecule is Cc1cc(Br)cc(C)c1OCC(=O)Oc1cccc(C(=O)O)c1. The molecule has 0 atom stereocenters. The fourth-order valence-corrected chi connectivity index (χ4v) is 2.80. The van der Waals surface area contributed by atoms with Crippen LogP contribution in [0.4, 0.5) is 0 Å². The van der Waals surface area contributed by atoms with Crippen molar-refractivity contribution in [2.75, 3.05) is 6.61 Å². The first-order valence-corrected chi connectivity index (χ1v) is 7.59. The molecule has 6 heteroatoms. The predicted molar refractivity (Wildman–Crippen MR) is 88.1 cm³/mol. The van der Waals surface area contributed by atoms with Crippen molar-refractivity contribution < 1.29 is 24.2 Å². The maximum atomic E-state index is 11.9. The van der Waals surface area contributed by atoms with Gasteiger partial charge in [0.25, 0.3) is 0 Å². The third kappa shape index (κ3) is 4.56. The van der Waals surface area contributed by atoms with Gasteiger partial charge in [-0.1, -0.05) is 22.0 Å². The van der Waals surface area contributed by atoms with E-state index in [1.807, 2.05) is 26.0 Å². The number of carboxylic acid groups (broad SMARTS) is 1. The van der Waals surface area contributed by atoms with Crippen molar-refractivity contribution in [3.63, 3.8) is 0 Å². The van der Waals surface area contributed by atoms with E-state index in [-0.39, 0.29) is 17.9 Å². The zero-order valence-electron chi connectivity index (χ0n) is 12.6. The Morgan fingerprint density at radius 2 is 1.78 bits per heavy atom. The summed E-state index contributed by atoms with van der Waals surface area (Å²) in [6.07, 6.45) is 0. The number of carbonyl (C=O) groups excluding carboxylic acids is 1. The first-order valence-electron chi connectivity index (χ1n) is 6.80. The minimum absolute atomic E-state index is 0.0517. The quantitative estimate of drug-likeness (QED) is 0.633. The lowest BCUT2D eigenvalue weighted by molar-refractivity contribution is -0.136. The molecule has 120 valence electrons. The van der Waals surface area contributed by atoms with Crippen LogP contribution in [0.25, 0.3) is 0 Å². The van der Waals surface area contributed by atoms with Crippen molar-refractivity contribution in [1.82, 2.24) is 0 Å². The number of esters is 1.